The fourth-order valence-corrected chi connectivity index (χ4v) is 2.85. The van der Waals surface area contributed by atoms with Crippen LogP contribution in [0.2, 0.25) is 5.02 Å². The number of hydrogen-bond donors (Lipinski definition) is 2. The number of carbonyl (C=O) groups is 1. The van der Waals surface area contributed by atoms with Gasteiger partial charge in [0.05, 0.1) is 6.54 Å². The third-order valence-electron chi connectivity index (χ3n) is 3.85. The molecule has 1 aliphatic rings. The summed E-state index contributed by atoms with van der Waals surface area (Å²) < 4.78 is 0. The molecule has 2 rings (SSSR count). The van der Waals surface area contributed by atoms with E-state index in [-0.39, 0.29) is 5.91 Å². The maximum Gasteiger partial charge on any atom is 0.238 e. The molecule has 1 fully saturated rings. The molecule has 0 spiro atoms. The molecule has 0 saturated carbocycles. The molecule has 5 heteroatoms. The van der Waals surface area contributed by atoms with E-state index in [1.807, 2.05) is 12.1 Å². The Morgan fingerprint density at radius 2 is 2.10 bits per heavy atom. The third-order valence-corrected chi connectivity index (χ3v) is 4.11. The first kappa shape index (κ1) is 16.3. The molecular formula is C16H24ClN3O. The van der Waals surface area contributed by atoms with Crippen molar-refractivity contribution < 1.29 is 4.79 Å². The van der Waals surface area contributed by atoms with Gasteiger partial charge in [-0.15, -0.1) is 0 Å². The van der Waals surface area contributed by atoms with Crippen LogP contribution in [0.1, 0.15) is 26.2 Å². The van der Waals surface area contributed by atoms with Crippen LogP contribution in [0.5, 0.6) is 0 Å². The number of amides is 1. The number of nitrogens with zero attached hydrogens (tertiary/aromatic N) is 1. The van der Waals surface area contributed by atoms with Gasteiger partial charge in [-0.05, 0) is 50.2 Å². The fraction of sp³-hybridized carbons (Fsp3) is 0.562. The van der Waals surface area contributed by atoms with Crippen LogP contribution in [0.25, 0.3) is 0 Å². The van der Waals surface area contributed by atoms with Gasteiger partial charge in [0.15, 0.2) is 0 Å². The van der Waals surface area contributed by atoms with Gasteiger partial charge < -0.3 is 10.6 Å². The number of benzene rings is 1. The van der Waals surface area contributed by atoms with Crippen molar-refractivity contribution in [3.63, 3.8) is 0 Å². The highest BCUT2D eigenvalue weighted by Gasteiger charge is 2.23. The number of rotatable bonds is 6. The Morgan fingerprint density at radius 1 is 1.33 bits per heavy atom. The van der Waals surface area contributed by atoms with Crippen molar-refractivity contribution in [2.75, 3.05) is 31.5 Å². The number of nitrogens with one attached hydrogen (secondary N) is 2. The Hall–Kier alpha value is -1.10. The van der Waals surface area contributed by atoms with E-state index in [0.29, 0.717) is 17.6 Å². The second-order valence-corrected chi connectivity index (χ2v) is 5.92. The molecule has 1 saturated heterocycles. The highest BCUT2D eigenvalue weighted by molar-refractivity contribution is 6.30. The number of carbonyl (C=O) groups excluding carboxylic acids is 1. The molecular weight excluding hydrogens is 286 g/mol. The van der Waals surface area contributed by atoms with E-state index in [4.69, 9.17) is 11.6 Å². The number of likely N-dealkylation sites (N-methyl/N-ethyl adjacent to an activating group) is 1. The van der Waals surface area contributed by atoms with Crippen molar-refractivity contribution in [1.29, 1.82) is 0 Å². The largest absolute Gasteiger partial charge is 0.325 e. The molecule has 1 unspecified atom stereocenters. The summed E-state index contributed by atoms with van der Waals surface area (Å²) in [6, 6.07) is 7.69. The molecule has 1 aromatic carbocycles. The van der Waals surface area contributed by atoms with Crippen molar-refractivity contribution in [3.8, 4) is 0 Å². The lowest BCUT2D eigenvalue weighted by Gasteiger charge is -2.35. The van der Waals surface area contributed by atoms with E-state index in [1.165, 1.54) is 19.3 Å². The van der Waals surface area contributed by atoms with Gasteiger partial charge in [-0.1, -0.05) is 24.9 Å². The highest BCUT2D eigenvalue weighted by atomic mass is 35.5. The summed E-state index contributed by atoms with van der Waals surface area (Å²) in [6.45, 7) is 5.51. The van der Waals surface area contributed by atoms with Gasteiger partial charge in [0, 0.05) is 23.3 Å². The molecule has 0 bridgehead atoms. The monoisotopic (exact) mass is 309 g/mol. The fourth-order valence-electron chi connectivity index (χ4n) is 2.73. The van der Waals surface area contributed by atoms with Crippen molar-refractivity contribution in [1.82, 2.24) is 10.2 Å². The maximum absolute atomic E-state index is 12.2. The summed E-state index contributed by atoms with van der Waals surface area (Å²) in [6.07, 6.45) is 3.60. The average Bonchev–Trinajstić information content (AvgIpc) is 2.49. The van der Waals surface area contributed by atoms with E-state index >= 15 is 0 Å². The van der Waals surface area contributed by atoms with Crippen LogP contribution in [-0.2, 0) is 4.79 Å². The Labute approximate surface area is 131 Å². The lowest BCUT2D eigenvalue weighted by Crippen LogP contribution is -2.48. The molecule has 1 atom stereocenters. The first-order chi connectivity index (χ1) is 10.2. The van der Waals surface area contributed by atoms with E-state index in [0.717, 1.165) is 25.3 Å². The molecule has 2 N–H and O–H groups in total. The van der Waals surface area contributed by atoms with E-state index in [1.54, 1.807) is 12.1 Å². The predicted octanol–water partition coefficient (Wildman–Crippen LogP) is 2.74. The number of anilines is 1. The second-order valence-electron chi connectivity index (χ2n) is 5.48. The zero-order chi connectivity index (χ0) is 15.1. The maximum atomic E-state index is 12.2. The minimum atomic E-state index is 0.0423. The van der Waals surface area contributed by atoms with Crippen LogP contribution in [-0.4, -0.2) is 43.0 Å². The van der Waals surface area contributed by atoms with Crippen molar-refractivity contribution >= 4 is 23.2 Å². The standard InChI is InChI=1S/C16H24ClN3O/c1-2-18-11-15-5-3-4-10-20(15)12-16(21)19-14-8-6-13(17)7-9-14/h6-9,15,18H,2-5,10-12H2,1H3,(H,19,21). The van der Waals surface area contributed by atoms with E-state index in [2.05, 4.69) is 22.5 Å². The number of piperidine rings is 1. The summed E-state index contributed by atoms with van der Waals surface area (Å²) in [4.78, 5) is 14.5. The summed E-state index contributed by atoms with van der Waals surface area (Å²) in [7, 11) is 0. The van der Waals surface area contributed by atoms with Crippen LogP contribution in [0.15, 0.2) is 24.3 Å². The van der Waals surface area contributed by atoms with Crippen LogP contribution in [0.3, 0.4) is 0 Å². The smallest absolute Gasteiger partial charge is 0.238 e. The molecule has 116 valence electrons. The third kappa shape index (κ3) is 5.30. The van der Waals surface area contributed by atoms with Gasteiger partial charge in [-0.25, -0.2) is 0 Å². The summed E-state index contributed by atoms with van der Waals surface area (Å²) in [5.41, 5.74) is 0.796. The molecule has 1 aromatic rings. The number of halogens is 1. The topological polar surface area (TPSA) is 44.4 Å². The Morgan fingerprint density at radius 3 is 2.81 bits per heavy atom. The molecule has 0 aliphatic carbocycles. The molecule has 1 aliphatic heterocycles. The normalized spacial score (nSPS) is 19.4. The molecule has 0 radical (unpaired) electrons. The second kappa shape index (κ2) is 8.37. The van der Waals surface area contributed by atoms with Crippen molar-refractivity contribution in [2.24, 2.45) is 0 Å². The SMILES string of the molecule is CCNCC1CCCCN1CC(=O)Nc1ccc(Cl)cc1. The Bertz CT molecular complexity index is 449. The number of hydrogen-bond acceptors (Lipinski definition) is 3. The zero-order valence-corrected chi connectivity index (χ0v) is 13.3. The summed E-state index contributed by atoms with van der Waals surface area (Å²) in [5.74, 6) is 0.0423. The lowest BCUT2D eigenvalue weighted by atomic mass is 10.0. The van der Waals surface area contributed by atoms with Crippen LogP contribution in [0.4, 0.5) is 5.69 Å². The van der Waals surface area contributed by atoms with Crippen LogP contribution < -0.4 is 10.6 Å². The van der Waals surface area contributed by atoms with Crippen molar-refractivity contribution in [2.45, 2.75) is 32.2 Å². The number of likely N-dealkylation sites (tertiary alicyclic amines) is 1. The highest BCUT2D eigenvalue weighted by Crippen LogP contribution is 2.17. The van der Waals surface area contributed by atoms with Gasteiger partial charge >= 0.3 is 0 Å². The van der Waals surface area contributed by atoms with Gasteiger partial charge in [-0.2, -0.15) is 0 Å². The van der Waals surface area contributed by atoms with Crippen LogP contribution >= 0.6 is 11.6 Å². The molecule has 1 heterocycles. The first-order valence-corrected chi connectivity index (χ1v) is 8.07. The minimum Gasteiger partial charge on any atom is -0.325 e. The van der Waals surface area contributed by atoms with Crippen molar-refractivity contribution in [3.05, 3.63) is 29.3 Å². The van der Waals surface area contributed by atoms with Crippen LogP contribution in [0, 0.1) is 0 Å². The lowest BCUT2D eigenvalue weighted by molar-refractivity contribution is -0.118. The first-order valence-electron chi connectivity index (χ1n) is 7.69. The van der Waals surface area contributed by atoms with Gasteiger partial charge in [0.25, 0.3) is 0 Å². The Balaban J connectivity index is 1.86. The van der Waals surface area contributed by atoms with E-state index in [9.17, 15) is 4.79 Å². The van der Waals surface area contributed by atoms with E-state index < -0.39 is 0 Å². The summed E-state index contributed by atoms with van der Waals surface area (Å²) in [5, 5.41) is 7.00. The molecule has 4 nitrogen and oxygen atoms in total. The van der Waals surface area contributed by atoms with Gasteiger partial charge in [0.1, 0.15) is 0 Å². The predicted molar refractivity (Wildman–Crippen MR) is 87.8 cm³/mol. The average molecular weight is 310 g/mol. The minimum absolute atomic E-state index is 0.0423. The molecule has 21 heavy (non-hydrogen) atoms. The Kier molecular flexibility index (Phi) is 6.49. The van der Waals surface area contributed by atoms with Gasteiger partial charge in [-0.3, -0.25) is 9.69 Å². The molecule has 0 aromatic heterocycles. The molecule has 1 amide bonds. The quantitative estimate of drug-likeness (QED) is 0.849. The van der Waals surface area contributed by atoms with Gasteiger partial charge in [0.2, 0.25) is 5.91 Å². The summed E-state index contributed by atoms with van der Waals surface area (Å²) >= 11 is 5.84. The zero-order valence-electron chi connectivity index (χ0n) is 12.6.